The minimum atomic E-state index is -4.33. The Labute approximate surface area is 114 Å². The second-order valence-electron chi connectivity index (χ2n) is 4.11. The van der Waals surface area contributed by atoms with E-state index in [0.29, 0.717) is 17.1 Å². The molecular formula is C14H13F3N2O. The molecule has 6 heteroatoms. The molecule has 0 aliphatic heterocycles. The predicted molar refractivity (Wildman–Crippen MR) is 69.6 cm³/mol. The van der Waals surface area contributed by atoms with Crippen molar-refractivity contribution in [3.63, 3.8) is 0 Å². The molecule has 1 aromatic carbocycles. The zero-order valence-electron chi connectivity index (χ0n) is 10.7. The average molecular weight is 282 g/mol. The number of alkyl halides is 3. The van der Waals surface area contributed by atoms with Crippen LogP contribution >= 0.6 is 0 Å². The molecular weight excluding hydrogens is 269 g/mol. The minimum absolute atomic E-state index is 0.256. The van der Waals surface area contributed by atoms with Crippen molar-refractivity contribution in [3.05, 3.63) is 53.7 Å². The maximum absolute atomic E-state index is 12.6. The van der Waals surface area contributed by atoms with Gasteiger partial charge in [0.15, 0.2) is 0 Å². The van der Waals surface area contributed by atoms with E-state index >= 15 is 0 Å². The van der Waals surface area contributed by atoms with Crippen LogP contribution in [0.2, 0.25) is 0 Å². The number of aromatic nitrogens is 1. The van der Waals surface area contributed by atoms with Crippen LogP contribution in [0.1, 0.15) is 11.1 Å². The molecule has 0 aliphatic rings. The van der Waals surface area contributed by atoms with Gasteiger partial charge in [0, 0.05) is 12.7 Å². The van der Waals surface area contributed by atoms with Gasteiger partial charge in [-0.05, 0) is 29.8 Å². The summed E-state index contributed by atoms with van der Waals surface area (Å²) in [5.41, 5.74) is 0.507. The van der Waals surface area contributed by atoms with E-state index in [0.717, 1.165) is 12.1 Å². The van der Waals surface area contributed by atoms with Gasteiger partial charge in [0.2, 0.25) is 5.88 Å². The van der Waals surface area contributed by atoms with E-state index in [9.17, 15) is 13.2 Å². The highest BCUT2D eigenvalue weighted by Crippen LogP contribution is 2.30. The van der Waals surface area contributed by atoms with Crippen molar-refractivity contribution >= 4 is 5.69 Å². The predicted octanol–water partition coefficient (Wildman–Crippen LogP) is 3.72. The van der Waals surface area contributed by atoms with Crippen LogP contribution < -0.4 is 10.1 Å². The third-order valence-electron chi connectivity index (χ3n) is 2.70. The van der Waals surface area contributed by atoms with Crippen LogP contribution in [0, 0.1) is 0 Å². The van der Waals surface area contributed by atoms with Gasteiger partial charge >= 0.3 is 6.18 Å². The van der Waals surface area contributed by atoms with E-state index in [1.165, 1.54) is 13.2 Å². The molecule has 0 radical (unpaired) electrons. The van der Waals surface area contributed by atoms with E-state index < -0.39 is 11.7 Å². The van der Waals surface area contributed by atoms with Gasteiger partial charge in [-0.25, -0.2) is 4.98 Å². The number of hydrogen-bond donors (Lipinski definition) is 1. The fourth-order valence-electron chi connectivity index (χ4n) is 1.74. The fourth-order valence-corrected chi connectivity index (χ4v) is 1.74. The smallest absolute Gasteiger partial charge is 0.416 e. The number of rotatable bonds is 4. The molecule has 0 spiro atoms. The second-order valence-corrected chi connectivity index (χ2v) is 4.11. The standard InChI is InChI=1S/C14H13F3N2O/c1-20-13-12(6-3-7-18-13)19-9-10-4-2-5-11(8-10)14(15,16)17/h2-8,19H,9H2,1H3. The van der Waals surface area contributed by atoms with Crippen LogP contribution in [0.5, 0.6) is 5.88 Å². The van der Waals surface area contributed by atoms with Gasteiger partial charge in [-0.15, -0.1) is 0 Å². The third-order valence-corrected chi connectivity index (χ3v) is 2.70. The van der Waals surface area contributed by atoms with E-state index in [2.05, 4.69) is 10.3 Å². The maximum Gasteiger partial charge on any atom is 0.416 e. The van der Waals surface area contributed by atoms with Crippen LogP contribution in [-0.4, -0.2) is 12.1 Å². The number of halogens is 3. The monoisotopic (exact) mass is 282 g/mol. The number of ether oxygens (including phenoxy) is 1. The maximum atomic E-state index is 12.6. The van der Waals surface area contributed by atoms with Gasteiger partial charge in [0.05, 0.1) is 18.4 Å². The van der Waals surface area contributed by atoms with Crippen molar-refractivity contribution in [3.8, 4) is 5.88 Å². The Morgan fingerprint density at radius 2 is 2.00 bits per heavy atom. The van der Waals surface area contributed by atoms with E-state index in [-0.39, 0.29) is 6.54 Å². The molecule has 0 amide bonds. The van der Waals surface area contributed by atoms with E-state index in [1.54, 1.807) is 24.4 Å². The van der Waals surface area contributed by atoms with Gasteiger partial charge in [-0.1, -0.05) is 12.1 Å². The highest BCUT2D eigenvalue weighted by Gasteiger charge is 2.30. The summed E-state index contributed by atoms with van der Waals surface area (Å²) in [6.45, 7) is 0.256. The molecule has 0 unspecified atom stereocenters. The SMILES string of the molecule is COc1ncccc1NCc1cccc(C(F)(F)F)c1. The Morgan fingerprint density at radius 1 is 1.20 bits per heavy atom. The van der Waals surface area contributed by atoms with Gasteiger partial charge in [0.25, 0.3) is 0 Å². The highest BCUT2D eigenvalue weighted by molar-refractivity contribution is 5.52. The lowest BCUT2D eigenvalue weighted by atomic mass is 10.1. The first-order valence-electron chi connectivity index (χ1n) is 5.89. The third kappa shape index (κ3) is 3.40. The highest BCUT2D eigenvalue weighted by atomic mass is 19.4. The summed E-state index contributed by atoms with van der Waals surface area (Å²) >= 11 is 0. The van der Waals surface area contributed by atoms with E-state index in [1.807, 2.05) is 0 Å². The Balaban J connectivity index is 2.11. The Kier molecular flexibility index (Phi) is 4.12. The van der Waals surface area contributed by atoms with Crippen LogP contribution in [0.3, 0.4) is 0 Å². The fraction of sp³-hybridized carbons (Fsp3) is 0.214. The molecule has 0 atom stereocenters. The lowest BCUT2D eigenvalue weighted by molar-refractivity contribution is -0.137. The number of nitrogens with zero attached hydrogens (tertiary/aromatic N) is 1. The summed E-state index contributed by atoms with van der Waals surface area (Å²) in [7, 11) is 1.48. The lowest BCUT2D eigenvalue weighted by Crippen LogP contribution is -2.07. The molecule has 2 rings (SSSR count). The molecule has 0 saturated carbocycles. The summed E-state index contributed by atoms with van der Waals surface area (Å²) in [6.07, 6.45) is -2.75. The van der Waals surface area contributed by atoms with Crippen molar-refractivity contribution < 1.29 is 17.9 Å². The lowest BCUT2D eigenvalue weighted by Gasteiger charge is -2.11. The number of anilines is 1. The molecule has 0 saturated heterocycles. The molecule has 0 bridgehead atoms. The first-order valence-corrected chi connectivity index (χ1v) is 5.89. The van der Waals surface area contributed by atoms with Crippen molar-refractivity contribution in [1.82, 2.24) is 4.98 Å². The first-order chi connectivity index (χ1) is 9.50. The number of hydrogen-bond acceptors (Lipinski definition) is 3. The number of methoxy groups -OCH3 is 1. The topological polar surface area (TPSA) is 34.1 Å². The molecule has 2 aromatic rings. The molecule has 1 aromatic heterocycles. The summed E-state index contributed by atoms with van der Waals surface area (Å²) in [6, 6.07) is 8.66. The van der Waals surface area contributed by atoms with Gasteiger partial charge < -0.3 is 10.1 Å². The first kappa shape index (κ1) is 14.2. The summed E-state index contributed by atoms with van der Waals surface area (Å²) < 4.78 is 42.9. The number of pyridine rings is 1. The van der Waals surface area contributed by atoms with Crippen molar-refractivity contribution in [2.24, 2.45) is 0 Å². The molecule has 0 fully saturated rings. The van der Waals surface area contributed by atoms with Gasteiger partial charge in [-0.2, -0.15) is 13.2 Å². The molecule has 20 heavy (non-hydrogen) atoms. The quantitative estimate of drug-likeness (QED) is 0.928. The average Bonchev–Trinajstić information content (AvgIpc) is 2.45. The summed E-state index contributed by atoms with van der Waals surface area (Å²) in [5, 5.41) is 3.00. The Hall–Kier alpha value is -2.24. The number of nitrogens with one attached hydrogen (secondary N) is 1. The molecule has 106 valence electrons. The van der Waals surface area contributed by atoms with Gasteiger partial charge in [-0.3, -0.25) is 0 Å². The summed E-state index contributed by atoms with van der Waals surface area (Å²) in [4.78, 5) is 4.00. The van der Waals surface area contributed by atoms with Gasteiger partial charge in [0.1, 0.15) is 0 Å². The molecule has 3 nitrogen and oxygen atoms in total. The van der Waals surface area contributed by atoms with Crippen molar-refractivity contribution in [1.29, 1.82) is 0 Å². The largest absolute Gasteiger partial charge is 0.480 e. The minimum Gasteiger partial charge on any atom is -0.480 e. The van der Waals surface area contributed by atoms with Crippen LogP contribution in [0.25, 0.3) is 0 Å². The van der Waals surface area contributed by atoms with Crippen LogP contribution in [0.15, 0.2) is 42.6 Å². The second kappa shape index (κ2) is 5.81. The normalized spacial score (nSPS) is 11.2. The molecule has 0 aliphatic carbocycles. The van der Waals surface area contributed by atoms with Crippen LogP contribution in [0.4, 0.5) is 18.9 Å². The van der Waals surface area contributed by atoms with Crippen molar-refractivity contribution in [2.75, 3.05) is 12.4 Å². The Morgan fingerprint density at radius 3 is 2.70 bits per heavy atom. The number of benzene rings is 1. The summed E-state index contributed by atoms with van der Waals surface area (Å²) in [5.74, 6) is 0.402. The molecule has 1 heterocycles. The van der Waals surface area contributed by atoms with E-state index in [4.69, 9.17) is 4.74 Å². The zero-order valence-corrected chi connectivity index (χ0v) is 10.7. The van der Waals surface area contributed by atoms with Crippen LogP contribution in [-0.2, 0) is 12.7 Å². The zero-order chi connectivity index (χ0) is 14.6. The van der Waals surface area contributed by atoms with Crippen molar-refractivity contribution in [2.45, 2.75) is 12.7 Å². The Bertz CT molecular complexity index is 585. The molecule has 1 N–H and O–H groups in total.